The number of morpholine rings is 1. The molecule has 2 rings (SSSR count). The first-order chi connectivity index (χ1) is 14.4. The standard InChI is InChI=1S/C21H36N4O4S/c1-5-6-11-29-20(26)18(7-8-25-9-12-28-13-10-25)23-21(27)24(4)14-17-15-30-19(22-17)16(2)3/h15-16,18H,5-14H2,1-4H3,(H,23,27)/t18-/m0/s1. The second-order valence-corrected chi connectivity index (χ2v) is 8.84. The predicted molar refractivity (Wildman–Crippen MR) is 118 cm³/mol. The summed E-state index contributed by atoms with van der Waals surface area (Å²) in [7, 11) is 1.71. The first-order valence-corrected chi connectivity index (χ1v) is 11.7. The van der Waals surface area contributed by atoms with Gasteiger partial charge in [-0.3, -0.25) is 4.90 Å². The average molecular weight is 441 g/mol. The maximum Gasteiger partial charge on any atom is 0.328 e. The van der Waals surface area contributed by atoms with Crippen molar-refractivity contribution in [2.24, 2.45) is 0 Å². The van der Waals surface area contributed by atoms with Crippen LogP contribution in [0.1, 0.15) is 56.7 Å². The van der Waals surface area contributed by atoms with Gasteiger partial charge in [0.05, 0.1) is 37.1 Å². The van der Waals surface area contributed by atoms with Gasteiger partial charge < -0.3 is 19.7 Å². The number of urea groups is 1. The summed E-state index contributed by atoms with van der Waals surface area (Å²) in [6.45, 7) is 10.8. The molecule has 1 aliphatic rings. The fraction of sp³-hybridized carbons (Fsp3) is 0.762. The fourth-order valence-corrected chi connectivity index (χ4v) is 3.86. The van der Waals surface area contributed by atoms with E-state index >= 15 is 0 Å². The number of carbonyl (C=O) groups excluding carboxylic acids is 2. The van der Waals surface area contributed by atoms with Gasteiger partial charge in [-0.25, -0.2) is 14.6 Å². The largest absolute Gasteiger partial charge is 0.464 e. The summed E-state index contributed by atoms with van der Waals surface area (Å²) >= 11 is 1.61. The van der Waals surface area contributed by atoms with Crippen LogP contribution in [0.25, 0.3) is 0 Å². The van der Waals surface area contributed by atoms with Gasteiger partial charge in [0.1, 0.15) is 6.04 Å². The van der Waals surface area contributed by atoms with Crippen molar-refractivity contribution < 1.29 is 19.1 Å². The van der Waals surface area contributed by atoms with E-state index in [1.165, 1.54) is 0 Å². The van der Waals surface area contributed by atoms with E-state index in [1.54, 1.807) is 23.3 Å². The molecule has 1 N–H and O–H groups in total. The zero-order valence-corrected chi connectivity index (χ0v) is 19.5. The molecular formula is C21H36N4O4S. The lowest BCUT2D eigenvalue weighted by atomic mass is 10.2. The molecule has 0 unspecified atom stereocenters. The minimum absolute atomic E-state index is 0.298. The van der Waals surface area contributed by atoms with Gasteiger partial charge in [0.25, 0.3) is 0 Å². The van der Waals surface area contributed by atoms with Gasteiger partial charge in [-0.1, -0.05) is 27.2 Å². The van der Waals surface area contributed by atoms with Crippen molar-refractivity contribution in [2.75, 3.05) is 46.5 Å². The molecule has 9 heteroatoms. The minimum atomic E-state index is -0.665. The Labute approximate surface area is 183 Å². The lowest BCUT2D eigenvalue weighted by molar-refractivity contribution is -0.146. The summed E-state index contributed by atoms with van der Waals surface area (Å²) in [5.41, 5.74) is 0.858. The van der Waals surface area contributed by atoms with Gasteiger partial charge >= 0.3 is 12.0 Å². The van der Waals surface area contributed by atoms with E-state index in [4.69, 9.17) is 9.47 Å². The van der Waals surface area contributed by atoms with Crippen LogP contribution in [0, 0.1) is 0 Å². The Morgan fingerprint density at radius 2 is 2.10 bits per heavy atom. The number of unbranched alkanes of at least 4 members (excludes halogenated alkanes) is 1. The first kappa shape index (κ1) is 24.6. The Balaban J connectivity index is 1.91. The molecule has 170 valence electrons. The highest BCUT2D eigenvalue weighted by Gasteiger charge is 2.25. The van der Waals surface area contributed by atoms with Crippen molar-refractivity contribution in [1.29, 1.82) is 0 Å². The maximum atomic E-state index is 12.7. The van der Waals surface area contributed by atoms with Crippen LogP contribution in [0.5, 0.6) is 0 Å². The number of nitrogens with zero attached hydrogens (tertiary/aromatic N) is 3. The number of aromatic nitrogens is 1. The summed E-state index contributed by atoms with van der Waals surface area (Å²) in [6, 6.07) is -0.963. The van der Waals surface area contributed by atoms with Gasteiger partial charge in [0.2, 0.25) is 0 Å². The number of hydrogen-bond acceptors (Lipinski definition) is 7. The number of ether oxygens (including phenoxy) is 2. The molecule has 0 spiro atoms. The zero-order valence-electron chi connectivity index (χ0n) is 18.7. The summed E-state index contributed by atoms with van der Waals surface area (Å²) in [5, 5.41) is 5.90. The first-order valence-electron chi connectivity index (χ1n) is 10.8. The Kier molecular flexibility index (Phi) is 10.5. The summed E-state index contributed by atoms with van der Waals surface area (Å²) in [6.07, 6.45) is 2.28. The lowest BCUT2D eigenvalue weighted by Crippen LogP contribution is -2.49. The van der Waals surface area contributed by atoms with Gasteiger partial charge in [0.15, 0.2) is 0 Å². The Bertz CT molecular complexity index is 661. The topological polar surface area (TPSA) is 84.0 Å². The molecule has 2 amide bonds. The molecule has 1 atom stereocenters. The molecule has 8 nitrogen and oxygen atoms in total. The van der Waals surface area contributed by atoms with Crippen molar-refractivity contribution in [3.63, 3.8) is 0 Å². The SMILES string of the molecule is CCCCOC(=O)[C@H](CCN1CCOCC1)NC(=O)N(C)Cc1csc(C(C)C)n1. The van der Waals surface area contributed by atoms with E-state index < -0.39 is 6.04 Å². The third kappa shape index (κ3) is 8.20. The van der Waals surface area contributed by atoms with Crippen LogP contribution < -0.4 is 5.32 Å². The molecule has 1 aromatic heterocycles. The molecule has 1 saturated heterocycles. The van der Waals surface area contributed by atoms with Gasteiger partial charge in [-0.2, -0.15) is 0 Å². The number of hydrogen-bond donors (Lipinski definition) is 1. The van der Waals surface area contributed by atoms with Crippen molar-refractivity contribution in [3.05, 3.63) is 16.1 Å². The molecule has 30 heavy (non-hydrogen) atoms. The van der Waals surface area contributed by atoms with Crippen LogP contribution in [0.15, 0.2) is 5.38 Å². The maximum absolute atomic E-state index is 12.7. The highest BCUT2D eigenvalue weighted by atomic mass is 32.1. The van der Waals surface area contributed by atoms with Crippen LogP contribution in [0.3, 0.4) is 0 Å². The molecule has 0 aromatic carbocycles. The van der Waals surface area contributed by atoms with E-state index in [9.17, 15) is 9.59 Å². The summed E-state index contributed by atoms with van der Waals surface area (Å²) in [5.74, 6) is -0.000414. The van der Waals surface area contributed by atoms with Crippen LogP contribution in [0.2, 0.25) is 0 Å². The number of thiazole rings is 1. The molecule has 0 aliphatic carbocycles. The summed E-state index contributed by atoms with van der Waals surface area (Å²) < 4.78 is 10.8. The van der Waals surface area contributed by atoms with Crippen LogP contribution in [0.4, 0.5) is 4.79 Å². The van der Waals surface area contributed by atoms with Crippen molar-refractivity contribution >= 4 is 23.3 Å². The van der Waals surface area contributed by atoms with Crippen LogP contribution in [-0.2, 0) is 20.8 Å². The number of rotatable bonds is 11. The number of carbonyl (C=O) groups is 2. The van der Waals surface area contributed by atoms with Gasteiger partial charge in [-0.15, -0.1) is 11.3 Å². The fourth-order valence-electron chi connectivity index (χ4n) is 3.04. The number of nitrogens with one attached hydrogen (secondary N) is 1. The molecule has 0 bridgehead atoms. The Hall–Kier alpha value is -1.71. The smallest absolute Gasteiger partial charge is 0.328 e. The second kappa shape index (κ2) is 12.9. The lowest BCUT2D eigenvalue weighted by Gasteiger charge is -2.28. The van der Waals surface area contributed by atoms with Gasteiger partial charge in [-0.05, 0) is 12.8 Å². The average Bonchev–Trinajstić information content (AvgIpc) is 3.20. The van der Waals surface area contributed by atoms with E-state index in [2.05, 4.69) is 29.0 Å². The van der Waals surface area contributed by atoms with Crippen molar-refractivity contribution in [3.8, 4) is 0 Å². The quantitative estimate of drug-likeness (QED) is 0.421. The van der Waals surface area contributed by atoms with E-state index in [1.807, 2.05) is 12.3 Å². The van der Waals surface area contributed by atoms with E-state index in [-0.39, 0.29) is 12.0 Å². The predicted octanol–water partition coefficient (Wildman–Crippen LogP) is 2.84. The molecule has 1 aliphatic heterocycles. The van der Waals surface area contributed by atoms with E-state index in [0.29, 0.717) is 45.2 Å². The number of esters is 1. The monoisotopic (exact) mass is 440 g/mol. The molecular weight excluding hydrogens is 404 g/mol. The third-order valence-corrected chi connectivity index (χ3v) is 6.17. The molecule has 1 aromatic rings. The van der Waals surface area contributed by atoms with E-state index in [0.717, 1.165) is 36.6 Å². The van der Waals surface area contributed by atoms with Crippen molar-refractivity contribution in [1.82, 2.24) is 20.1 Å². The van der Waals surface area contributed by atoms with Crippen molar-refractivity contribution in [2.45, 2.75) is 58.5 Å². The van der Waals surface area contributed by atoms with Gasteiger partial charge in [0, 0.05) is 38.0 Å². The zero-order chi connectivity index (χ0) is 21.9. The second-order valence-electron chi connectivity index (χ2n) is 7.95. The highest BCUT2D eigenvalue weighted by molar-refractivity contribution is 7.09. The minimum Gasteiger partial charge on any atom is -0.464 e. The van der Waals surface area contributed by atoms with Crippen LogP contribution >= 0.6 is 11.3 Å². The molecule has 2 heterocycles. The molecule has 1 fully saturated rings. The third-order valence-electron chi connectivity index (χ3n) is 4.97. The normalized spacial score (nSPS) is 15.8. The number of amides is 2. The molecule has 0 radical (unpaired) electrons. The Morgan fingerprint density at radius 1 is 1.37 bits per heavy atom. The highest BCUT2D eigenvalue weighted by Crippen LogP contribution is 2.19. The molecule has 0 saturated carbocycles. The van der Waals surface area contributed by atoms with Crippen LogP contribution in [-0.4, -0.2) is 79.3 Å². The summed E-state index contributed by atoms with van der Waals surface area (Å²) in [4.78, 5) is 33.7. The Morgan fingerprint density at radius 3 is 2.73 bits per heavy atom.